The van der Waals surface area contributed by atoms with Crippen LogP contribution in [0.1, 0.15) is 19.8 Å². The lowest BCUT2D eigenvalue weighted by Crippen LogP contribution is -1.89. The van der Waals surface area contributed by atoms with Gasteiger partial charge in [0.1, 0.15) is 0 Å². The zero-order valence-electron chi connectivity index (χ0n) is 7.23. The molecule has 0 rings (SSSR count). The van der Waals surface area contributed by atoms with Crippen LogP contribution in [0.25, 0.3) is 0 Å². The van der Waals surface area contributed by atoms with E-state index in [4.69, 9.17) is 5.11 Å². The molecule has 0 atom stereocenters. The molecule has 1 N–H and O–H groups in total. The number of carbonyl (C=O) groups is 1. The molecule has 0 aliphatic carbocycles. The lowest BCUT2D eigenvalue weighted by molar-refractivity contribution is -0.135. The highest BCUT2D eigenvalue weighted by Gasteiger charge is 1.86. The predicted molar refractivity (Wildman–Crippen MR) is 50.0 cm³/mol. The van der Waals surface area contributed by atoms with Gasteiger partial charge in [0, 0.05) is 0 Å². The summed E-state index contributed by atoms with van der Waals surface area (Å²) in [5.74, 6) is -0.802. The maximum atomic E-state index is 10.0. The Morgan fingerprint density at radius 3 is 2.25 bits per heavy atom. The molecule has 12 heavy (non-hydrogen) atoms. The van der Waals surface area contributed by atoms with Crippen molar-refractivity contribution in [1.29, 1.82) is 0 Å². The number of hydrogen-bond acceptors (Lipinski definition) is 1. The Morgan fingerprint density at radius 2 is 1.75 bits per heavy atom. The van der Waals surface area contributed by atoms with Crippen LogP contribution >= 0.6 is 0 Å². The van der Waals surface area contributed by atoms with E-state index in [2.05, 4.69) is 6.92 Å². The van der Waals surface area contributed by atoms with Crippen LogP contribution in [0.4, 0.5) is 0 Å². The Labute approximate surface area is 72.9 Å². The highest BCUT2D eigenvalue weighted by molar-refractivity contribution is 5.68. The van der Waals surface area contributed by atoms with Crippen molar-refractivity contribution in [2.45, 2.75) is 19.8 Å². The largest absolute Gasteiger partial charge is 0.481 e. The first-order chi connectivity index (χ1) is 5.77. The standard InChI is InChI=1S/C10H14O2/c1-2-3-4-5-6-7-8-9-10(11)12/h3-8H,2,9H2,1H3,(H,11,12)/b4-3-,6-5+,8-7-. The van der Waals surface area contributed by atoms with E-state index in [1.165, 1.54) is 0 Å². The van der Waals surface area contributed by atoms with Crippen molar-refractivity contribution < 1.29 is 9.90 Å². The molecule has 0 aromatic carbocycles. The van der Waals surface area contributed by atoms with Gasteiger partial charge in [-0.2, -0.15) is 0 Å². The molecule has 0 unspecified atom stereocenters. The molecule has 0 aromatic heterocycles. The molecule has 2 heteroatoms. The second kappa shape index (κ2) is 7.79. The third kappa shape index (κ3) is 8.69. The predicted octanol–water partition coefficient (Wildman–Crippen LogP) is 2.54. The van der Waals surface area contributed by atoms with Crippen molar-refractivity contribution in [2.75, 3.05) is 0 Å². The van der Waals surface area contributed by atoms with E-state index in [1.54, 1.807) is 12.2 Å². The van der Waals surface area contributed by atoms with Gasteiger partial charge in [-0.05, 0) is 6.42 Å². The topological polar surface area (TPSA) is 37.3 Å². The number of carboxylic acid groups (broad SMARTS) is 1. The molecule has 0 heterocycles. The molecule has 0 saturated heterocycles. The van der Waals surface area contributed by atoms with Gasteiger partial charge >= 0.3 is 5.97 Å². The Kier molecular flexibility index (Phi) is 6.94. The Balaban J connectivity index is 3.52. The van der Waals surface area contributed by atoms with Crippen molar-refractivity contribution in [3.63, 3.8) is 0 Å². The maximum Gasteiger partial charge on any atom is 0.307 e. The van der Waals surface area contributed by atoms with Crippen LogP contribution < -0.4 is 0 Å². The van der Waals surface area contributed by atoms with Crippen molar-refractivity contribution >= 4 is 5.97 Å². The minimum absolute atomic E-state index is 0.0852. The first-order valence-corrected chi connectivity index (χ1v) is 3.97. The minimum Gasteiger partial charge on any atom is -0.481 e. The van der Waals surface area contributed by atoms with Crippen LogP contribution in [0, 0.1) is 0 Å². The summed E-state index contributed by atoms with van der Waals surface area (Å²) in [6.07, 6.45) is 12.1. The number of aliphatic carboxylic acids is 1. The van der Waals surface area contributed by atoms with E-state index in [0.29, 0.717) is 0 Å². The molecular weight excluding hydrogens is 152 g/mol. The molecule has 0 fully saturated rings. The second-order valence-electron chi connectivity index (χ2n) is 2.25. The summed E-state index contributed by atoms with van der Waals surface area (Å²) in [7, 11) is 0. The monoisotopic (exact) mass is 166 g/mol. The molecule has 0 aromatic rings. The van der Waals surface area contributed by atoms with E-state index in [0.717, 1.165) is 6.42 Å². The van der Waals surface area contributed by atoms with E-state index in [9.17, 15) is 4.79 Å². The summed E-state index contributed by atoms with van der Waals surface area (Å²) in [6, 6.07) is 0. The lowest BCUT2D eigenvalue weighted by atomic mass is 10.3. The van der Waals surface area contributed by atoms with Gasteiger partial charge in [0.15, 0.2) is 0 Å². The van der Waals surface area contributed by atoms with Gasteiger partial charge < -0.3 is 5.11 Å². The van der Waals surface area contributed by atoms with Crippen molar-refractivity contribution in [2.24, 2.45) is 0 Å². The number of carboxylic acids is 1. The molecule has 66 valence electrons. The minimum atomic E-state index is -0.802. The molecule has 0 bridgehead atoms. The van der Waals surface area contributed by atoms with Gasteiger partial charge in [-0.15, -0.1) is 0 Å². The fraction of sp³-hybridized carbons (Fsp3) is 0.300. The molecule has 0 spiro atoms. The highest BCUT2D eigenvalue weighted by atomic mass is 16.4. The molecule has 0 amide bonds. The molecule has 2 nitrogen and oxygen atoms in total. The quantitative estimate of drug-likeness (QED) is 0.637. The first-order valence-electron chi connectivity index (χ1n) is 3.97. The van der Waals surface area contributed by atoms with E-state index >= 15 is 0 Å². The average Bonchev–Trinajstić information content (AvgIpc) is 2.02. The lowest BCUT2D eigenvalue weighted by Gasteiger charge is -1.79. The van der Waals surface area contributed by atoms with Crippen LogP contribution in [0.5, 0.6) is 0 Å². The van der Waals surface area contributed by atoms with Crippen molar-refractivity contribution in [3.05, 3.63) is 36.5 Å². The molecule has 0 aliphatic heterocycles. The van der Waals surface area contributed by atoms with Gasteiger partial charge in [-0.3, -0.25) is 4.79 Å². The zero-order valence-corrected chi connectivity index (χ0v) is 7.23. The molecule has 0 radical (unpaired) electrons. The maximum absolute atomic E-state index is 10.0. The third-order valence-corrected chi connectivity index (χ3v) is 1.13. The normalized spacial score (nSPS) is 12.1. The summed E-state index contributed by atoms with van der Waals surface area (Å²) < 4.78 is 0. The number of rotatable bonds is 5. The first kappa shape index (κ1) is 10.7. The van der Waals surface area contributed by atoms with E-state index < -0.39 is 5.97 Å². The average molecular weight is 166 g/mol. The number of hydrogen-bond donors (Lipinski definition) is 1. The third-order valence-electron chi connectivity index (χ3n) is 1.13. The van der Waals surface area contributed by atoms with Gasteiger partial charge in [0.05, 0.1) is 6.42 Å². The summed E-state index contributed by atoms with van der Waals surface area (Å²) in [4.78, 5) is 10.0. The summed E-state index contributed by atoms with van der Waals surface area (Å²) >= 11 is 0. The summed E-state index contributed by atoms with van der Waals surface area (Å²) in [6.45, 7) is 2.06. The highest BCUT2D eigenvalue weighted by Crippen LogP contribution is 1.86. The molecule has 0 aliphatic rings. The smallest absolute Gasteiger partial charge is 0.307 e. The van der Waals surface area contributed by atoms with Crippen LogP contribution in [-0.4, -0.2) is 11.1 Å². The summed E-state index contributed by atoms with van der Waals surface area (Å²) in [5, 5.41) is 8.26. The SMILES string of the molecule is CC\C=C/C=C/C=C\CC(=O)O. The fourth-order valence-electron chi connectivity index (χ4n) is 0.590. The zero-order chi connectivity index (χ0) is 9.23. The van der Waals surface area contributed by atoms with Crippen molar-refractivity contribution in [1.82, 2.24) is 0 Å². The number of allylic oxidation sites excluding steroid dienone is 5. The van der Waals surface area contributed by atoms with Gasteiger partial charge in [0.25, 0.3) is 0 Å². The van der Waals surface area contributed by atoms with E-state index in [-0.39, 0.29) is 6.42 Å². The fourth-order valence-corrected chi connectivity index (χ4v) is 0.590. The molecule has 0 saturated carbocycles. The summed E-state index contributed by atoms with van der Waals surface area (Å²) in [5.41, 5.74) is 0. The van der Waals surface area contributed by atoms with Crippen molar-refractivity contribution in [3.8, 4) is 0 Å². The van der Waals surface area contributed by atoms with Crippen LogP contribution in [0.3, 0.4) is 0 Å². The second-order valence-corrected chi connectivity index (χ2v) is 2.25. The van der Waals surface area contributed by atoms with Gasteiger partial charge in [0.2, 0.25) is 0 Å². The Hall–Kier alpha value is -1.31. The Bertz CT molecular complexity index is 200. The molecular formula is C10H14O2. The van der Waals surface area contributed by atoms with Crippen LogP contribution in [0.2, 0.25) is 0 Å². The van der Waals surface area contributed by atoms with E-state index in [1.807, 2.05) is 24.3 Å². The van der Waals surface area contributed by atoms with Gasteiger partial charge in [-0.25, -0.2) is 0 Å². The Morgan fingerprint density at radius 1 is 1.17 bits per heavy atom. The van der Waals surface area contributed by atoms with Crippen LogP contribution in [0.15, 0.2) is 36.5 Å². The van der Waals surface area contributed by atoms with Crippen LogP contribution in [-0.2, 0) is 4.79 Å². The van der Waals surface area contributed by atoms with Gasteiger partial charge in [-0.1, -0.05) is 43.4 Å².